The summed E-state index contributed by atoms with van der Waals surface area (Å²) in [5, 5.41) is 11.7. The molecule has 0 radical (unpaired) electrons. The number of aromatic nitrogens is 6. The van der Waals surface area contributed by atoms with E-state index < -0.39 is 0 Å². The van der Waals surface area contributed by atoms with E-state index in [9.17, 15) is 0 Å². The first-order valence-electron chi connectivity index (χ1n) is 3.99. The lowest BCUT2D eigenvalue weighted by molar-refractivity contribution is 0.597. The van der Waals surface area contributed by atoms with Gasteiger partial charge in [0.05, 0.1) is 6.20 Å². The highest BCUT2D eigenvalue weighted by Gasteiger charge is 2.11. The largest absolute Gasteiger partial charge is 0.366 e. The standard InChI is InChI=1S/C6H8BrN7/c1-2-13-4(3-9-12-13)14-5(7)10-6(8)11-14/h3H,2H2,1H3,(H2,8,11). The van der Waals surface area contributed by atoms with E-state index in [0.717, 1.165) is 5.82 Å². The second-order valence-electron chi connectivity index (χ2n) is 2.56. The van der Waals surface area contributed by atoms with Crippen molar-refractivity contribution in [3.05, 3.63) is 10.9 Å². The third kappa shape index (κ3) is 1.37. The number of halogens is 1. The first-order chi connectivity index (χ1) is 6.72. The lowest BCUT2D eigenvalue weighted by Gasteiger charge is -2.01. The number of rotatable bonds is 2. The number of anilines is 1. The van der Waals surface area contributed by atoms with E-state index in [-0.39, 0.29) is 5.95 Å². The summed E-state index contributed by atoms with van der Waals surface area (Å²) in [6, 6.07) is 0. The second kappa shape index (κ2) is 3.37. The highest BCUT2D eigenvalue weighted by Crippen LogP contribution is 2.13. The van der Waals surface area contributed by atoms with Gasteiger partial charge in [-0.25, -0.2) is 4.68 Å². The molecular formula is C6H8BrN7. The summed E-state index contributed by atoms with van der Waals surface area (Å²) >= 11 is 3.24. The van der Waals surface area contributed by atoms with Crippen LogP contribution in [0.4, 0.5) is 5.95 Å². The van der Waals surface area contributed by atoms with Crippen LogP contribution in [0.25, 0.3) is 5.82 Å². The Hall–Kier alpha value is -1.44. The molecule has 74 valence electrons. The maximum absolute atomic E-state index is 5.45. The van der Waals surface area contributed by atoms with Crippen LogP contribution in [0.3, 0.4) is 0 Å². The van der Waals surface area contributed by atoms with Gasteiger partial charge in [-0.2, -0.15) is 9.67 Å². The summed E-state index contributed by atoms with van der Waals surface area (Å²) < 4.78 is 3.77. The SMILES string of the molecule is CCn1nncc1-n1nc(N)nc1Br. The van der Waals surface area contributed by atoms with Gasteiger partial charge in [0.1, 0.15) is 0 Å². The molecule has 0 aliphatic carbocycles. The predicted molar refractivity (Wildman–Crippen MR) is 52.7 cm³/mol. The fourth-order valence-electron chi connectivity index (χ4n) is 1.10. The molecule has 0 fully saturated rings. The monoisotopic (exact) mass is 257 g/mol. The highest BCUT2D eigenvalue weighted by atomic mass is 79.9. The normalized spacial score (nSPS) is 10.7. The number of hydrogen-bond acceptors (Lipinski definition) is 5. The van der Waals surface area contributed by atoms with Crippen LogP contribution in [0.5, 0.6) is 0 Å². The molecule has 2 heterocycles. The van der Waals surface area contributed by atoms with E-state index in [2.05, 4.69) is 36.3 Å². The lowest BCUT2D eigenvalue weighted by Crippen LogP contribution is -2.07. The van der Waals surface area contributed by atoms with Crippen molar-refractivity contribution in [2.24, 2.45) is 0 Å². The molecule has 0 unspecified atom stereocenters. The first-order valence-corrected chi connectivity index (χ1v) is 4.78. The molecule has 0 aromatic carbocycles. The molecule has 2 aromatic rings. The van der Waals surface area contributed by atoms with Crippen LogP contribution in [0.1, 0.15) is 6.92 Å². The van der Waals surface area contributed by atoms with Gasteiger partial charge >= 0.3 is 0 Å². The van der Waals surface area contributed by atoms with Crippen LogP contribution in [0.2, 0.25) is 0 Å². The molecule has 2 aromatic heterocycles. The maximum atomic E-state index is 5.45. The van der Waals surface area contributed by atoms with Crippen molar-refractivity contribution in [2.45, 2.75) is 13.5 Å². The van der Waals surface area contributed by atoms with Gasteiger partial charge < -0.3 is 5.73 Å². The van der Waals surface area contributed by atoms with E-state index in [0.29, 0.717) is 11.3 Å². The third-order valence-corrected chi connectivity index (χ3v) is 2.21. The molecule has 0 saturated carbocycles. The van der Waals surface area contributed by atoms with Crippen LogP contribution >= 0.6 is 15.9 Å². The Morgan fingerprint density at radius 2 is 2.36 bits per heavy atom. The molecule has 7 nitrogen and oxygen atoms in total. The Balaban J connectivity index is 2.53. The van der Waals surface area contributed by atoms with Gasteiger partial charge in [0.2, 0.25) is 10.7 Å². The zero-order chi connectivity index (χ0) is 10.1. The Bertz CT molecular complexity index is 445. The summed E-state index contributed by atoms with van der Waals surface area (Å²) in [6.45, 7) is 2.67. The average Bonchev–Trinajstić information content (AvgIpc) is 2.71. The minimum Gasteiger partial charge on any atom is -0.366 e. The average molecular weight is 258 g/mol. The van der Waals surface area contributed by atoms with Crippen LogP contribution in [-0.4, -0.2) is 29.8 Å². The number of nitrogen functional groups attached to an aromatic ring is 1. The number of nitrogens with two attached hydrogens (primary N) is 1. The van der Waals surface area contributed by atoms with Crippen molar-refractivity contribution in [1.29, 1.82) is 0 Å². The molecule has 0 bridgehead atoms. The summed E-state index contributed by atoms with van der Waals surface area (Å²) in [5.41, 5.74) is 5.45. The zero-order valence-corrected chi connectivity index (χ0v) is 9.01. The lowest BCUT2D eigenvalue weighted by atomic mass is 10.7. The molecule has 14 heavy (non-hydrogen) atoms. The Labute approximate surface area is 88.0 Å². The Morgan fingerprint density at radius 1 is 1.57 bits per heavy atom. The molecule has 0 amide bonds. The van der Waals surface area contributed by atoms with Gasteiger partial charge in [0.15, 0.2) is 5.82 Å². The summed E-state index contributed by atoms with van der Waals surface area (Å²) in [7, 11) is 0. The third-order valence-electron chi connectivity index (χ3n) is 1.70. The van der Waals surface area contributed by atoms with Crippen LogP contribution in [0, 0.1) is 0 Å². The summed E-state index contributed by atoms with van der Waals surface area (Å²) in [5.74, 6) is 0.935. The van der Waals surface area contributed by atoms with Gasteiger partial charge in [-0.3, -0.25) is 0 Å². The number of hydrogen-bond donors (Lipinski definition) is 1. The summed E-state index contributed by atoms with van der Waals surface area (Å²) in [6.07, 6.45) is 1.60. The fourth-order valence-corrected chi connectivity index (χ4v) is 1.54. The van der Waals surface area contributed by atoms with Crippen molar-refractivity contribution in [2.75, 3.05) is 5.73 Å². The van der Waals surface area contributed by atoms with Crippen LogP contribution in [-0.2, 0) is 6.54 Å². The highest BCUT2D eigenvalue weighted by molar-refractivity contribution is 9.10. The van der Waals surface area contributed by atoms with E-state index >= 15 is 0 Å². The van der Waals surface area contributed by atoms with E-state index in [1.165, 1.54) is 0 Å². The zero-order valence-electron chi connectivity index (χ0n) is 7.42. The quantitative estimate of drug-likeness (QED) is 0.832. The van der Waals surface area contributed by atoms with Crippen molar-refractivity contribution >= 4 is 21.9 Å². The van der Waals surface area contributed by atoms with Crippen molar-refractivity contribution in [1.82, 2.24) is 29.8 Å². The molecule has 0 aliphatic rings. The van der Waals surface area contributed by atoms with E-state index in [4.69, 9.17) is 5.73 Å². The van der Waals surface area contributed by atoms with Gasteiger partial charge in [-0.1, -0.05) is 5.21 Å². The van der Waals surface area contributed by atoms with Crippen LogP contribution < -0.4 is 5.73 Å². The molecule has 2 N–H and O–H groups in total. The molecule has 0 atom stereocenters. The maximum Gasteiger partial charge on any atom is 0.240 e. The molecule has 0 saturated heterocycles. The van der Waals surface area contributed by atoms with E-state index in [1.807, 2.05) is 6.92 Å². The van der Waals surface area contributed by atoms with Crippen molar-refractivity contribution in [3.63, 3.8) is 0 Å². The first kappa shape index (κ1) is 9.13. The van der Waals surface area contributed by atoms with Crippen molar-refractivity contribution in [3.8, 4) is 5.82 Å². The second-order valence-corrected chi connectivity index (χ2v) is 3.27. The Morgan fingerprint density at radius 3 is 2.93 bits per heavy atom. The molecule has 8 heteroatoms. The predicted octanol–water partition coefficient (Wildman–Crippen LogP) is 0.223. The van der Waals surface area contributed by atoms with Gasteiger partial charge in [-0.15, -0.1) is 10.2 Å². The number of aryl methyl sites for hydroxylation is 1. The van der Waals surface area contributed by atoms with Crippen LogP contribution in [0.15, 0.2) is 10.9 Å². The van der Waals surface area contributed by atoms with Gasteiger partial charge in [0, 0.05) is 6.54 Å². The van der Waals surface area contributed by atoms with Gasteiger partial charge in [-0.05, 0) is 22.9 Å². The molecular weight excluding hydrogens is 250 g/mol. The fraction of sp³-hybridized carbons (Fsp3) is 0.333. The molecule has 0 aliphatic heterocycles. The van der Waals surface area contributed by atoms with E-state index in [1.54, 1.807) is 15.6 Å². The Kier molecular flexibility index (Phi) is 2.20. The topological polar surface area (TPSA) is 87.4 Å². The minimum absolute atomic E-state index is 0.209. The van der Waals surface area contributed by atoms with Crippen molar-refractivity contribution < 1.29 is 0 Å². The minimum atomic E-state index is 0.209. The molecule has 0 spiro atoms. The number of nitrogens with zero attached hydrogens (tertiary/aromatic N) is 6. The molecule has 2 rings (SSSR count). The van der Waals surface area contributed by atoms with Gasteiger partial charge in [0.25, 0.3) is 0 Å². The smallest absolute Gasteiger partial charge is 0.240 e. The summed E-state index contributed by atoms with van der Waals surface area (Å²) in [4.78, 5) is 3.92.